The van der Waals surface area contributed by atoms with Crippen molar-refractivity contribution in [1.29, 1.82) is 0 Å². The molecule has 0 spiro atoms. The fourth-order valence-electron chi connectivity index (χ4n) is 3.75. The Balaban J connectivity index is 1.97. The van der Waals surface area contributed by atoms with Crippen LogP contribution in [-0.2, 0) is 9.53 Å². The number of hydrogen-bond donors (Lipinski definition) is 0. The third-order valence-corrected chi connectivity index (χ3v) is 5.04. The molecular weight excluding hydrogens is 388 g/mol. The predicted molar refractivity (Wildman–Crippen MR) is 125 cm³/mol. The fraction of sp³-hybridized carbons (Fsp3) is 0.148. The van der Waals surface area contributed by atoms with Crippen LogP contribution in [0.25, 0.3) is 32.7 Å². The first-order valence-corrected chi connectivity index (χ1v) is 10.3. The zero-order valence-electron chi connectivity index (χ0n) is 17.5. The van der Waals surface area contributed by atoms with Crippen molar-refractivity contribution in [1.82, 2.24) is 0 Å². The Morgan fingerprint density at radius 1 is 0.806 bits per heavy atom. The molecule has 31 heavy (non-hydrogen) atoms. The summed E-state index contributed by atoms with van der Waals surface area (Å²) in [5.74, 6) is 0.935. The third-order valence-electron chi connectivity index (χ3n) is 5.04. The van der Waals surface area contributed by atoms with Gasteiger partial charge >= 0.3 is 5.97 Å². The molecule has 0 saturated carbocycles. The van der Waals surface area contributed by atoms with E-state index in [-0.39, 0.29) is 6.61 Å². The minimum atomic E-state index is -0.400. The molecule has 0 heterocycles. The van der Waals surface area contributed by atoms with E-state index in [1.165, 1.54) is 0 Å². The van der Waals surface area contributed by atoms with Crippen LogP contribution in [0, 0.1) is 0 Å². The molecule has 0 aliphatic carbocycles. The van der Waals surface area contributed by atoms with Crippen LogP contribution in [0.1, 0.15) is 6.92 Å². The molecule has 4 nitrogen and oxygen atoms in total. The smallest absolute Gasteiger partial charge is 0.344 e. The zero-order valence-corrected chi connectivity index (χ0v) is 17.5. The van der Waals surface area contributed by atoms with E-state index >= 15 is 0 Å². The second kappa shape index (κ2) is 9.35. The van der Waals surface area contributed by atoms with Crippen molar-refractivity contribution in [2.45, 2.75) is 6.92 Å². The van der Waals surface area contributed by atoms with Crippen molar-refractivity contribution in [3.8, 4) is 22.6 Å². The van der Waals surface area contributed by atoms with Crippen molar-refractivity contribution in [3.05, 3.63) is 85.5 Å². The van der Waals surface area contributed by atoms with E-state index < -0.39 is 5.97 Å². The summed E-state index contributed by atoms with van der Waals surface area (Å²) in [6.45, 7) is 6.09. The van der Waals surface area contributed by atoms with Crippen LogP contribution in [0.5, 0.6) is 11.5 Å². The lowest BCUT2D eigenvalue weighted by Gasteiger charge is -2.19. The first-order valence-electron chi connectivity index (χ1n) is 10.3. The normalized spacial score (nSPS) is 10.7. The molecule has 0 atom stereocenters. The van der Waals surface area contributed by atoms with Gasteiger partial charge in [0.25, 0.3) is 0 Å². The molecule has 0 amide bonds. The minimum absolute atomic E-state index is 0.160. The molecule has 0 saturated heterocycles. The molecule has 0 N–H and O–H groups in total. The maximum absolute atomic E-state index is 12.0. The van der Waals surface area contributed by atoms with Gasteiger partial charge in [0.2, 0.25) is 0 Å². The molecule has 0 radical (unpaired) electrons. The first kappa shape index (κ1) is 20.5. The average molecular weight is 412 g/mol. The van der Waals surface area contributed by atoms with Gasteiger partial charge in [-0.1, -0.05) is 73.3 Å². The quantitative estimate of drug-likeness (QED) is 0.257. The van der Waals surface area contributed by atoms with Gasteiger partial charge in [-0.05, 0) is 40.6 Å². The molecule has 4 heteroatoms. The highest BCUT2D eigenvalue weighted by Crippen LogP contribution is 2.45. The third kappa shape index (κ3) is 4.24. The number of esters is 1. The first-order chi connectivity index (χ1) is 15.2. The van der Waals surface area contributed by atoms with Crippen molar-refractivity contribution in [2.75, 3.05) is 19.8 Å². The molecule has 4 aromatic carbocycles. The number of carbonyl (C=O) groups is 1. The van der Waals surface area contributed by atoms with Gasteiger partial charge in [0.1, 0.15) is 18.1 Å². The van der Waals surface area contributed by atoms with Crippen molar-refractivity contribution >= 4 is 27.5 Å². The van der Waals surface area contributed by atoms with Crippen LogP contribution in [0.4, 0.5) is 0 Å². The summed E-state index contributed by atoms with van der Waals surface area (Å²) in [4.78, 5) is 12.0. The average Bonchev–Trinajstić information content (AvgIpc) is 2.81. The lowest BCUT2D eigenvalue weighted by Crippen LogP contribution is -2.15. The SMILES string of the molecule is C=CCOc1ccc2ccccc2c1-c1c(OCC(=O)OCC)ccc2ccccc12. The monoisotopic (exact) mass is 412 g/mol. The van der Waals surface area contributed by atoms with Gasteiger partial charge in [0.05, 0.1) is 6.61 Å². The molecule has 0 bridgehead atoms. The van der Waals surface area contributed by atoms with Gasteiger partial charge < -0.3 is 14.2 Å². The van der Waals surface area contributed by atoms with Crippen molar-refractivity contribution in [2.24, 2.45) is 0 Å². The number of rotatable bonds is 8. The summed E-state index contributed by atoms with van der Waals surface area (Å²) in [6, 6.07) is 24.2. The Labute approximate surface area is 181 Å². The molecule has 156 valence electrons. The van der Waals surface area contributed by atoms with Gasteiger partial charge in [-0.25, -0.2) is 4.79 Å². The standard InChI is InChI=1S/C27H24O4/c1-3-17-30-23-15-13-19-9-5-7-11-21(19)26(23)27-22-12-8-6-10-20(22)14-16-24(27)31-18-25(28)29-4-2/h3,5-16H,1,4,17-18H2,2H3. The molecule has 0 unspecified atom stereocenters. The lowest BCUT2D eigenvalue weighted by atomic mass is 9.92. The second-order valence-corrected chi connectivity index (χ2v) is 7.01. The van der Waals surface area contributed by atoms with Gasteiger partial charge in [-0.2, -0.15) is 0 Å². The number of ether oxygens (including phenoxy) is 3. The van der Waals surface area contributed by atoms with Crippen LogP contribution in [0.2, 0.25) is 0 Å². The van der Waals surface area contributed by atoms with E-state index in [0.717, 1.165) is 38.4 Å². The minimum Gasteiger partial charge on any atom is -0.489 e. The summed E-state index contributed by atoms with van der Waals surface area (Å²) in [6.07, 6.45) is 1.72. The summed E-state index contributed by atoms with van der Waals surface area (Å²) < 4.78 is 17.1. The van der Waals surface area contributed by atoms with Gasteiger partial charge in [-0.15, -0.1) is 0 Å². The number of hydrogen-bond acceptors (Lipinski definition) is 4. The Kier molecular flexibility index (Phi) is 6.18. The van der Waals surface area contributed by atoms with Crippen LogP contribution in [0.3, 0.4) is 0 Å². The van der Waals surface area contributed by atoms with E-state index in [1.54, 1.807) is 13.0 Å². The van der Waals surface area contributed by atoms with E-state index in [2.05, 4.69) is 30.8 Å². The molecule has 0 fully saturated rings. The predicted octanol–water partition coefficient (Wildman–Crippen LogP) is 6.17. The topological polar surface area (TPSA) is 44.8 Å². The summed E-state index contributed by atoms with van der Waals surface area (Å²) in [7, 11) is 0. The largest absolute Gasteiger partial charge is 0.489 e. The maximum Gasteiger partial charge on any atom is 0.344 e. The molecule has 0 aromatic heterocycles. The second-order valence-electron chi connectivity index (χ2n) is 7.01. The molecule has 0 aliphatic heterocycles. The Hall–Kier alpha value is -3.79. The maximum atomic E-state index is 12.0. The van der Waals surface area contributed by atoms with Crippen molar-refractivity contribution < 1.29 is 19.0 Å². The highest BCUT2D eigenvalue weighted by molar-refractivity contribution is 6.09. The zero-order chi connectivity index (χ0) is 21.6. The summed E-state index contributed by atoms with van der Waals surface area (Å²) in [5.41, 5.74) is 1.81. The van der Waals surface area contributed by atoms with Crippen LogP contribution < -0.4 is 9.47 Å². The lowest BCUT2D eigenvalue weighted by molar-refractivity contribution is -0.145. The Bertz CT molecular complexity index is 1240. The molecule has 4 aromatic rings. The van der Waals surface area contributed by atoms with E-state index in [0.29, 0.717) is 19.0 Å². The summed E-state index contributed by atoms with van der Waals surface area (Å²) in [5, 5.41) is 4.22. The number of carbonyl (C=O) groups excluding carboxylic acids is 1. The Morgan fingerprint density at radius 2 is 1.35 bits per heavy atom. The van der Waals surface area contributed by atoms with E-state index in [9.17, 15) is 4.79 Å². The number of fused-ring (bicyclic) bond motifs is 2. The van der Waals surface area contributed by atoms with Gasteiger partial charge in [0.15, 0.2) is 6.61 Å². The molecule has 0 aliphatic rings. The van der Waals surface area contributed by atoms with Gasteiger partial charge in [-0.3, -0.25) is 0 Å². The number of benzene rings is 4. The van der Waals surface area contributed by atoms with Gasteiger partial charge in [0, 0.05) is 11.1 Å². The fourth-order valence-corrected chi connectivity index (χ4v) is 3.75. The Morgan fingerprint density at radius 3 is 1.90 bits per heavy atom. The summed E-state index contributed by atoms with van der Waals surface area (Å²) >= 11 is 0. The van der Waals surface area contributed by atoms with Crippen molar-refractivity contribution in [3.63, 3.8) is 0 Å². The van der Waals surface area contributed by atoms with Crippen LogP contribution >= 0.6 is 0 Å². The van der Waals surface area contributed by atoms with E-state index in [4.69, 9.17) is 14.2 Å². The highest BCUT2D eigenvalue weighted by atomic mass is 16.6. The van der Waals surface area contributed by atoms with Crippen LogP contribution in [0.15, 0.2) is 85.5 Å². The van der Waals surface area contributed by atoms with Crippen LogP contribution in [-0.4, -0.2) is 25.8 Å². The van der Waals surface area contributed by atoms with E-state index in [1.807, 2.05) is 48.5 Å². The highest BCUT2D eigenvalue weighted by Gasteiger charge is 2.19. The molecule has 4 rings (SSSR count). The molecular formula is C27H24O4.